The molecule has 0 fully saturated rings. The summed E-state index contributed by atoms with van der Waals surface area (Å²) < 4.78 is 12.4. The smallest absolute Gasteiger partial charge is 0.447 e. The van der Waals surface area contributed by atoms with Crippen LogP contribution in [-0.4, -0.2) is 28.2 Å². The lowest BCUT2D eigenvalue weighted by Gasteiger charge is -2.01. The second kappa shape index (κ2) is 5.90. The summed E-state index contributed by atoms with van der Waals surface area (Å²) in [6.07, 6.45) is 3.70. The highest BCUT2D eigenvalue weighted by Crippen LogP contribution is 2.09. The quantitative estimate of drug-likeness (QED) is 0.736. The van der Waals surface area contributed by atoms with Crippen LogP contribution in [0.5, 0.6) is 12.0 Å². The topological polar surface area (TPSA) is 61.0 Å². The van der Waals surface area contributed by atoms with Crippen LogP contribution >= 0.6 is 0 Å². The largest absolute Gasteiger partial charge is 0.451 e. The molecule has 0 saturated carbocycles. The summed E-state index contributed by atoms with van der Waals surface area (Å²) in [7, 11) is 0. The zero-order valence-electron chi connectivity index (χ0n) is 10.4. The molecule has 0 aliphatic carbocycles. The molecule has 0 amide bonds. The van der Waals surface area contributed by atoms with E-state index < -0.39 is 0 Å². The molecular weight excluding hydrogens is 232 g/mol. The normalized spacial score (nSPS) is 10.1. The Hall–Kier alpha value is -2.24. The summed E-state index contributed by atoms with van der Waals surface area (Å²) in [4.78, 5) is 12.5. The second-order valence-corrected chi connectivity index (χ2v) is 3.35. The van der Waals surface area contributed by atoms with Crippen LogP contribution in [0.1, 0.15) is 13.8 Å². The number of ether oxygens (including phenoxy) is 2. The van der Waals surface area contributed by atoms with Gasteiger partial charge in [0.15, 0.2) is 0 Å². The number of aromatic nitrogens is 4. The SMILES string of the molecule is CCOc1nc(OCC)nc(-[n+]2ccccc2)n1. The van der Waals surface area contributed by atoms with Crippen molar-refractivity contribution in [1.29, 1.82) is 0 Å². The first-order valence-corrected chi connectivity index (χ1v) is 5.81. The van der Waals surface area contributed by atoms with Crippen molar-refractivity contribution >= 4 is 0 Å². The van der Waals surface area contributed by atoms with Crippen molar-refractivity contribution in [2.45, 2.75) is 13.8 Å². The molecule has 0 aromatic carbocycles. The summed E-state index contributed by atoms with van der Waals surface area (Å²) in [6.45, 7) is 4.74. The molecule has 6 heteroatoms. The summed E-state index contributed by atoms with van der Waals surface area (Å²) in [5.74, 6) is 0.470. The third kappa shape index (κ3) is 2.91. The van der Waals surface area contributed by atoms with E-state index in [1.807, 2.05) is 44.4 Å². The minimum Gasteiger partial charge on any atom is -0.451 e. The second-order valence-electron chi connectivity index (χ2n) is 3.35. The van der Waals surface area contributed by atoms with Gasteiger partial charge in [-0.05, 0) is 35.9 Å². The number of hydrogen-bond donors (Lipinski definition) is 0. The standard InChI is InChI=1S/C12H15N4O2/c1-3-17-11-13-10(14-12(15-11)18-4-2)16-8-6-5-7-9-16/h5-9H,3-4H2,1-2H3/q+1. The first-order chi connectivity index (χ1) is 8.83. The highest BCUT2D eigenvalue weighted by Gasteiger charge is 2.18. The van der Waals surface area contributed by atoms with Gasteiger partial charge in [-0.1, -0.05) is 6.07 Å². The molecule has 2 heterocycles. The lowest BCUT2D eigenvalue weighted by Crippen LogP contribution is -2.32. The zero-order valence-corrected chi connectivity index (χ0v) is 10.4. The Morgan fingerprint density at radius 1 is 0.889 bits per heavy atom. The molecule has 0 unspecified atom stereocenters. The van der Waals surface area contributed by atoms with Crippen molar-refractivity contribution in [3.05, 3.63) is 30.6 Å². The maximum absolute atomic E-state index is 5.30. The maximum atomic E-state index is 5.30. The minimum absolute atomic E-state index is 0.266. The van der Waals surface area contributed by atoms with Gasteiger partial charge < -0.3 is 9.47 Å². The van der Waals surface area contributed by atoms with E-state index in [2.05, 4.69) is 15.0 Å². The fourth-order valence-corrected chi connectivity index (χ4v) is 1.36. The van der Waals surface area contributed by atoms with Crippen LogP contribution in [0.3, 0.4) is 0 Å². The molecule has 18 heavy (non-hydrogen) atoms. The van der Waals surface area contributed by atoms with Gasteiger partial charge >= 0.3 is 18.0 Å². The van der Waals surface area contributed by atoms with E-state index in [9.17, 15) is 0 Å². The predicted octanol–water partition coefficient (Wildman–Crippen LogP) is 0.946. The Labute approximate surface area is 105 Å². The monoisotopic (exact) mass is 247 g/mol. The minimum atomic E-state index is 0.266. The summed E-state index contributed by atoms with van der Waals surface area (Å²) in [5.41, 5.74) is 0. The Kier molecular flexibility index (Phi) is 4.01. The molecule has 0 aliphatic rings. The fraction of sp³-hybridized carbons (Fsp3) is 0.333. The van der Waals surface area contributed by atoms with E-state index in [1.54, 1.807) is 4.57 Å². The third-order valence-electron chi connectivity index (χ3n) is 2.08. The Balaban J connectivity index is 2.39. The molecule has 0 aliphatic heterocycles. The van der Waals surface area contributed by atoms with Crippen LogP contribution in [0.4, 0.5) is 0 Å². The van der Waals surface area contributed by atoms with Crippen LogP contribution in [0.25, 0.3) is 5.95 Å². The zero-order chi connectivity index (χ0) is 12.8. The number of hydrogen-bond acceptors (Lipinski definition) is 5. The van der Waals surface area contributed by atoms with Gasteiger partial charge in [0.1, 0.15) is 0 Å². The highest BCUT2D eigenvalue weighted by atomic mass is 16.5. The number of rotatable bonds is 5. The van der Waals surface area contributed by atoms with Gasteiger partial charge in [0.25, 0.3) is 0 Å². The van der Waals surface area contributed by atoms with E-state index in [0.29, 0.717) is 19.2 Å². The highest BCUT2D eigenvalue weighted by molar-refractivity contribution is 5.09. The molecule has 94 valence electrons. The van der Waals surface area contributed by atoms with E-state index in [-0.39, 0.29) is 12.0 Å². The number of nitrogens with zero attached hydrogens (tertiary/aromatic N) is 4. The van der Waals surface area contributed by atoms with Gasteiger partial charge in [0, 0.05) is 0 Å². The van der Waals surface area contributed by atoms with Crippen molar-refractivity contribution in [3.63, 3.8) is 0 Å². The Morgan fingerprint density at radius 3 is 1.94 bits per heavy atom. The van der Waals surface area contributed by atoms with Crippen LogP contribution < -0.4 is 14.0 Å². The van der Waals surface area contributed by atoms with Gasteiger partial charge in [-0.3, -0.25) is 0 Å². The molecule has 2 rings (SSSR count). The van der Waals surface area contributed by atoms with Gasteiger partial charge in [-0.15, -0.1) is 4.98 Å². The van der Waals surface area contributed by atoms with E-state index in [1.165, 1.54) is 0 Å². The molecule has 0 bridgehead atoms. The molecule has 6 nitrogen and oxygen atoms in total. The van der Waals surface area contributed by atoms with Crippen LogP contribution in [-0.2, 0) is 0 Å². The molecule has 2 aromatic heterocycles. The first kappa shape index (κ1) is 12.2. The van der Waals surface area contributed by atoms with Crippen molar-refractivity contribution in [1.82, 2.24) is 15.0 Å². The molecule has 0 atom stereocenters. The molecule has 0 N–H and O–H groups in total. The summed E-state index contributed by atoms with van der Waals surface area (Å²) >= 11 is 0. The van der Waals surface area contributed by atoms with Crippen molar-refractivity contribution in [2.24, 2.45) is 0 Å². The Bertz CT molecular complexity index is 480. The fourth-order valence-electron chi connectivity index (χ4n) is 1.36. The Morgan fingerprint density at radius 2 is 1.44 bits per heavy atom. The van der Waals surface area contributed by atoms with Gasteiger partial charge in [-0.25, -0.2) is 4.57 Å². The van der Waals surface area contributed by atoms with E-state index >= 15 is 0 Å². The van der Waals surface area contributed by atoms with Crippen molar-refractivity contribution < 1.29 is 14.0 Å². The molecular formula is C12H15N4O2+. The first-order valence-electron chi connectivity index (χ1n) is 5.81. The lowest BCUT2D eigenvalue weighted by atomic mass is 10.5. The lowest BCUT2D eigenvalue weighted by molar-refractivity contribution is -0.603. The van der Waals surface area contributed by atoms with Gasteiger partial charge in [-0.2, -0.15) is 0 Å². The molecule has 0 radical (unpaired) electrons. The van der Waals surface area contributed by atoms with Crippen LogP contribution in [0, 0.1) is 0 Å². The molecule has 2 aromatic rings. The molecule has 0 saturated heterocycles. The number of pyridine rings is 1. The van der Waals surface area contributed by atoms with Crippen LogP contribution in [0.15, 0.2) is 30.6 Å². The van der Waals surface area contributed by atoms with Crippen molar-refractivity contribution in [3.8, 4) is 18.0 Å². The molecule has 0 spiro atoms. The van der Waals surface area contributed by atoms with Crippen molar-refractivity contribution in [2.75, 3.05) is 13.2 Å². The van der Waals surface area contributed by atoms with E-state index in [0.717, 1.165) is 0 Å². The van der Waals surface area contributed by atoms with Crippen LogP contribution in [0.2, 0.25) is 0 Å². The third-order valence-corrected chi connectivity index (χ3v) is 2.08. The average molecular weight is 247 g/mol. The van der Waals surface area contributed by atoms with Gasteiger partial charge in [0.2, 0.25) is 0 Å². The maximum Gasteiger partial charge on any atom is 0.447 e. The summed E-state index contributed by atoms with van der Waals surface area (Å²) in [6, 6.07) is 6.24. The van der Waals surface area contributed by atoms with E-state index in [4.69, 9.17) is 9.47 Å². The average Bonchev–Trinajstić information content (AvgIpc) is 2.40. The predicted molar refractivity (Wildman–Crippen MR) is 63.7 cm³/mol. The van der Waals surface area contributed by atoms with Gasteiger partial charge in [0.05, 0.1) is 25.6 Å². The summed E-state index contributed by atoms with van der Waals surface area (Å²) in [5, 5.41) is 0.